The van der Waals surface area contributed by atoms with Crippen LogP contribution < -0.4 is 5.32 Å². The summed E-state index contributed by atoms with van der Waals surface area (Å²) in [6.07, 6.45) is 2.14. The third kappa shape index (κ3) is 2.31. The predicted molar refractivity (Wildman–Crippen MR) is 85.4 cm³/mol. The first-order valence-electron chi connectivity index (χ1n) is 7.67. The van der Waals surface area contributed by atoms with Gasteiger partial charge in [-0.1, -0.05) is 11.3 Å². The van der Waals surface area contributed by atoms with E-state index in [2.05, 4.69) is 10.3 Å². The maximum absolute atomic E-state index is 12.7. The molecule has 122 valence electrons. The van der Waals surface area contributed by atoms with Crippen LogP contribution in [-0.2, 0) is 4.74 Å². The molecule has 1 spiro atoms. The molecule has 0 aromatic carbocycles. The van der Waals surface area contributed by atoms with Crippen LogP contribution in [-0.4, -0.2) is 60.4 Å². The lowest BCUT2D eigenvalue weighted by Gasteiger charge is -2.56. The van der Waals surface area contributed by atoms with Gasteiger partial charge in [0.1, 0.15) is 4.88 Å². The highest BCUT2D eigenvalue weighted by Gasteiger charge is 2.56. The van der Waals surface area contributed by atoms with E-state index in [0.717, 1.165) is 23.7 Å². The maximum atomic E-state index is 12.7. The van der Waals surface area contributed by atoms with Gasteiger partial charge in [-0.25, -0.2) is 4.98 Å². The number of rotatable bonds is 3. The van der Waals surface area contributed by atoms with Crippen molar-refractivity contribution < 1.29 is 14.6 Å². The number of nitrogens with one attached hydrogen (secondary N) is 1. The molecule has 2 atom stereocenters. The molecule has 2 fully saturated rings. The van der Waals surface area contributed by atoms with Crippen molar-refractivity contribution in [2.24, 2.45) is 5.41 Å². The van der Waals surface area contributed by atoms with E-state index in [1.165, 1.54) is 11.3 Å². The molecule has 1 aromatic heterocycles. The summed E-state index contributed by atoms with van der Waals surface area (Å²) in [5.41, 5.74) is 0.628. The Balaban J connectivity index is 1.68. The van der Waals surface area contributed by atoms with Gasteiger partial charge in [-0.15, -0.1) is 0 Å². The van der Waals surface area contributed by atoms with Crippen molar-refractivity contribution in [3.8, 4) is 0 Å². The highest BCUT2D eigenvalue weighted by Crippen LogP contribution is 2.50. The number of likely N-dealkylation sites (tertiary alicyclic amines) is 1. The lowest BCUT2D eigenvalue weighted by molar-refractivity contribution is -0.199. The van der Waals surface area contributed by atoms with Crippen molar-refractivity contribution in [2.75, 3.05) is 32.6 Å². The Labute approximate surface area is 134 Å². The number of anilines is 1. The van der Waals surface area contributed by atoms with Crippen LogP contribution in [0.15, 0.2) is 0 Å². The Morgan fingerprint density at radius 2 is 2.18 bits per heavy atom. The summed E-state index contributed by atoms with van der Waals surface area (Å²) in [7, 11) is 3.51. The molecule has 1 aliphatic heterocycles. The molecule has 0 radical (unpaired) electrons. The molecule has 1 aliphatic carbocycles. The van der Waals surface area contributed by atoms with E-state index in [-0.39, 0.29) is 23.5 Å². The van der Waals surface area contributed by atoms with Gasteiger partial charge in [0.05, 0.1) is 17.9 Å². The van der Waals surface area contributed by atoms with Crippen molar-refractivity contribution in [3.63, 3.8) is 0 Å². The van der Waals surface area contributed by atoms with Crippen molar-refractivity contribution >= 4 is 22.4 Å². The quantitative estimate of drug-likeness (QED) is 0.881. The van der Waals surface area contributed by atoms with E-state index in [1.54, 1.807) is 14.2 Å². The molecule has 2 aliphatic rings. The Morgan fingerprint density at radius 3 is 2.68 bits per heavy atom. The van der Waals surface area contributed by atoms with E-state index in [9.17, 15) is 9.90 Å². The molecule has 0 unspecified atom stereocenters. The molecule has 0 bridgehead atoms. The van der Waals surface area contributed by atoms with Gasteiger partial charge in [-0.05, 0) is 19.8 Å². The predicted octanol–water partition coefficient (Wildman–Crippen LogP) is 1.50. The molecule has 3 rings (SSSR count). The van der Waals surface area contributed by atoms with E-state index in [1.807, 2.05) is 11.8 Å². The van der Waals surface area contributed by atoms with Crippen LogP contribution in [0.1, 0.15) is 34.6 Å². The number of hydrogen-bond donors (Lipinski definition) is 2. The number of aliphatic hydroxyl groups is 1. The minimum atomic E-state index is -0.296. The van der Waals surface area contributed by atoms with Gasteiger partial charge >= 0.3 is 0 Å². The Morgan fingerprint density at radius 1 is 1.50 bits per heavy atom. The second-order valence-electron chi connectivity index (χ2n) is 6.18. The first kappa shape index (κ1) is 15.7. The summed E-state index contributed by atoms with van der Waals surface area (Å²) in [4.78, 5) is 19.6. The van der Waals surface area contributed by atoms with Crippen LogP contribution >= 0.6 is 11.3 Å². The van der Waals surface area contributed by atoms with E-state index < -0.39 is 0 Å². The van der Waals surface area contributed by atoms with Gasteiger partial charge in [0.15, 0.2) is 5.13 Å². The van der Waals surface area contributed by atoms with Crippen molar-refractivity contribution in [2.45, 2.75) is 38.4 Å². The fourth-order valence-corrected chi connectivity index (χ4v) is 4.57. The molecule has 2 N–H and O–H groups in total. The van der Waals surface area contributed by atoms with Gasteiger partial charge in [-0.2, -0.15) is 0 Å². The van der Waals surface area contributed by atoms with Crippen LogP contribution in [0.3, 0.4) is 0 Å². The number of ether oxygens (including phenoxy) is 1. The summed E-state index contributed by atoms with van der Waals surface area (Å²) < 4.78 is 5.49. The largest absolute Gasteiger partial charge is 0.392 e. The number of carbonyl (C=O) groups is 1. The number of piperidine rings is 1. The minimum Gasteiger partial charge on any atom is -0.392 e. The smallest absolute Gasteiger partial charge is 0.265 e. The number of hydrogen-bond acceptors (Lipinski definition) is 6. The van der Waals surface area contributed by atoms with Crippen molar-refractivity contribution in [1.82, 2.24) is 9.88 Å². The van der Waals surface area contributed by atoms with Gasteiger partial charge in [0.2, 0.25) is 0 Å². The number of aliphatic hydroxyl groups excluding tert-OH is 1. The van der Waals surface area contributed by atoms with Crippen LogP contribution in [0, 0.1) is 12.3 Å². The monoisotopic (exact) mass is 325 g/mol. The molecule has 1 amide bonds. The summed E-state index contributed by atoms with van der Waals surface area (Å²) in [5.74, 6) is 0.0501. The number of nitrogens with zero attached hydrogens (tertiary/aromatic N) is 2. The third-order valence-electron chi connectivity index (χ3n) is 5.21. The molecular weight excluding hydrogens is 302 g/mol. The molecule has 22 heavy (non-hydrogen) atoms. The molecule has 7 heteroatoms. The summed E-state index contributed by atoms with van der Waals surface area (Å²) >= 11 is 1.40. The number of aryl methyl sites for hydroxylation is 1. The lowest BCUT2D eigenvalue weighted by Crippen LogP contribution is -2.62. The van der Waals surface area contributed by atoms with E-state index in [0.29, 0.717) is 24.4 Å². The fourth-order valence-electron chi connectivity index (χ4n) is 3.68. The first-order valence-corrected chi connectivity index (χ1v) is 8.49. The molecule has 1 aromatic rings. The molecule has 2 heterocycles. The zero-order valence-electron chi connectivity index (χ0n) is 13.3. The average Bonchev–Trinajstić information content (AvgIpc) is 2.92. The highest BCUT2D eigenvalue weighted by atomic mass is 32.1. The zero-order chi connectivity index (χ0) is 15.9. The number of amides is 1. The molecule has 1 saturated heterocycles. The van der Waals surface area contributed by atoms with Crippen LogP contribution in [0.5, 0.6) is 0 Å². The van der Waals surface area contributed by atoms with Crippen LogP contribution in [0.2, 0.25) is 0 Å². The molecule has 6 nitrogen and oxygen atoms in total. The van der Waals surface area contributed by atoms with Crippen molar-refractivity contribution in [1.29, 1.82) is 0 Å². The fraction of sp³-hybridized carbons (Fsp3) is 0.733. The Kier molecular flexibility index (Phi) is 4.13. The highest BCUT2D eigenvalue weighted by molar-refractivity contribution is 7.17. The van der Waals surface area contributed by atoms with Gasteiger partial charge in [-0.3, -0.25) is 4.79 Å². The zero-order valence-corrected chi connectivity index (χ0v) is 14.1. The average molecular weight is 325 g/mol. The maximum Gasteiger partial charge on any atom is 0.265 e. The summed E-state index contributed by atoms with van der Waals surface area (Å²) in [6.45, 7) is 3.20. The normalized spacial score (nSPS) is 26.8. The second-order valence-corrected chi connectivity index (χ2v) is 7.18. The Hall–Kier alpha value is -1.18. The summed E-state index contributed by atoms with van der Waals surface area (Å²) in [6, 6.07) is 0. The molecule has 1 saturated carbocycles. The second kappa shape index (κ2) is 5.79. The van der Waals surface area contributed by atoms with Crippen LogP contribution in [0.4, 0.5) is 5.13 Å². The SMILES string of the molecule is CNc1nc(C)c(C(=O)N2CCC3(CC2)[C@@H](O)C[C@H]3OC)s1. The first-order chi connectivity index (χ1) is 10.5. The van der Waals surface area contributed by atoms with Gasteiger partial charge < -0.3 is 20.1 Å². The number of methoxy groups -OCH3 is 1. The van der Waals surface area contributed by atoms with E-state index in [4.69, 9.17) is 4.74 Å². The lowest BCUT2D eigenvalue weighted by atomic mass is 9.58. The van der Waals surface area contributed by atoms with Gasteiger partial charge in [0.25, 0.3) is 5.91 Å². The third-order valence-corrected chi connectivity index (χ3v) is 6.38. The number of carbonyl (C=O) groups excluding carboxylic acids is 1. The van der Waals surface area contributed by atoms with Gasteiger partial charge in [0, 0.05) is 39.1 Å². The number of thiazole rings is 1. The molecular formula is C15H23N3O3S. The number of aromatic nitrogens is 1. The standard InChI is InChI=1S/C15H23N3O3S/c1-9-12(22-14(16-2)17-9)13(20)18-6-4-15(5-7-18)10(19)8-11(15)21-3/h10-11,19H,4-8H2,1-3H3,(H,16,17)/t10-,11+/m0/s1. The van der Waals surface area contributed by atoms with Crippen molar-refractivity contribution in [3.05, 3.63) is 10.6 Å². The Bertz CT molecular complexity index is 566. The van der Waals surface area contributed by atoms with Crippen LogP contribution in [0.25, 0.3) is 0 Å². The minimum absolute atomic E-state index is 0.0501. The summed E-state index contributed by atoms with van der Waals surface area (Å²) in [5, 5.41) is 13.9. The topological polar surface area (TPSA) is 74.7 Å². The van der Waals surface area contributed by atoms with E-state index >= 15 is 0 Å².